The first-order valence-electron chi connectivity index (χ1n) is 4.43. The summed E-state index contributed by atoms with van der Waals surface area (Å²) in [5.74, 6) is 0.117. The number of hydrogen-bond acceptors (Lipinski definition) is 3. The fourth-order valence-electron chi connectivity index (χ4n) is 1.80. The predicted molar refractivity (Wildman–Crippen MR) is 54.3 cm³/mol. The van der Waals surface area contributed by atoms with Gasteiger partial charge in [0, 0.05) is 12.4 Å². The molecule has 1 unspecified atom stereocenters. The molecule has 0 radical (unpaired) electrons. The first-order valence-corrected chi connectivity index (χ1v) is 5.37. The summed E-state index contributed by atoms with van der Waals surface area (Å²) in [6, 6.07) is 5.70. The molecule has 0 saturated carbocycles. The molecule has 0 aliphatic carbocycles. The lowest BCUT2D eigenvalue weighted by atomic mass is 9.94. The standard InChI is InChI=1S/C10H8N2OS/c13-9-8(7-3-1-2-4-11-7)10-12(9)5-6-14-10/h1-6,8,10H/t8?,10-/m0/s1. The Hall–Kier alpha value is -1.29. The maximum Gasteiger partial charge on any atom is 0.239 e. The van der Waals surface area contributed by atoms with Crippen LogP contribution in [0.15, 0.2) is 36.0 Å². The van der Waals surface area contributed by atoms with Gasteiger partial charge in [-0.2, -0.15) is 0 Å². The Kier molecular flexibility index (Phi) is 1.64. The number of carbonyl (C=O) groups is 1. The molecule has 1 fully saturated rings. The van der Waals surface area contributed by atoms with Gasteiger partial charge in [-0.3, -0.25) is 9.78 Å². The van der Waals surface area contributed by atoms with Crippen LogP contribution in [-0.2, 0) is 4.79 Å². The molecule has 3 heterocycles. The van der Waals surface area contributed by atoms with Gasteiger partial charge in [-0.05, 0) is 17.5 Å². The van der Waals surface area contributed by atoms with Gasteiger partial charge in [0.25, 0.3) is 0 Å². The molecular formula is C10H8N2OS. The highest BCUT2D eigenvalue weighted by atomic mass is 32.2. The molecule has 3 nitrogen and oxygen atoms in total. The molecule has 0 spiro atoms. The molecule has 2 aliphatic rings. The lowest BCUT2D eigenvalue weighted by molar-refractivity contribution is -0.140. The third-order valence-corrected chi connectivity index (χ3v) is 3.58. The third-order valence-electron chi connectivity index (χ3n) is 2.53. The Morgan fingerprint density at radius 3 is 3.14 bits per heavy atom. The van der Waals surface area contributed by atoms with Crippen molar-refractivity contribution in [1.29, 1.82) is 0 Å². The van der Waals surface area contributed by atoms with Crippen LogP contribution in [0.5, 0.6) is 0 Å². The molecule has 1 saturated heterocycles. The first kappa shape index (κ1) is 8.05. The number of thioether (sulfide) groups is 1. The van der Waals surface area contributed by atoms with Crippen LogP contribution >= 0.6 is 11.8 Å². The zero-order valence-corrected chi connectivity index (χ0v) is 8.15. The molecule has 1 aromatic heterocycles. The monoisotopic (exact) mass is 204 g/mol. The lowest BCUT2D eigenvalue weighted by Crippen LogP contribution is -2.52. The van der Waals surface area contributed by atoms with E-state index in [1.54, 1.807) is 22.9 Å². The highest BCUT2D eigenvalue weighted by Crippen LogP contribution is 2.45. The van der Waals surface area contributed by atoms with Gasteiger partial charge in [0.2, 0.25) is 5.91 Å². The lowest BCUT2D eigenvalue weighted by Gasteiger charge is -2.40. The number of fused-ring (bicyclic) bond motifs is 1. The summed E-state index contributed by atoms with van der Waals surface area (Å²) in [4.78, 5) is 17.7. The summed E-state index contributed by atoms with van der Waals surface area (Å²) in [6.07, 6.45) is 3.58. The van der Waals surface area contributed by atoms with Gasteiger partial charge in [0.1, 0.15) is 11.3 Å². The average molecular weight is 204 g/mol. The fraction of sp³-hybridized carbons (Fsp3) is 0.200. The summed E-state index contributed by atoms with van der Waals surface area (Å²) in [5.41, 5.74) is 0.884. The van der Waals surface area contributed by atoms with Crippen LogP contribution in [0.1, 0.15) is 11.6 Å². The van der Waals surface area contributed by atoms with Crippen molar-refractivity contribution in [3.8, 4) is 0 Å². The minimum absolute atomic E-state index is 0.0452. The van der Waals surface area contributed by atoms with E-state index in [1.165, 1.54) is 0 Å². The number of carbonyl (C=O) groups excluding carboxylic acids is 1. The molecule has 1 aromatic rings. The molecule has 3 rings (SSSR count). The molecule has 2 atom stereocenters. The molecule has 1 amide bonds. The van der Waals surface area contributed by atoms with Crippen molar-refractivity contribution in [3.63, 3.8) is 0 Å². The number of amides is 1. The van der Waals surface area contributed by atoms with Gasteiger partial charge in [-0.15, -0.1) is 11.8 Å². The average Bonchev–Trinajstić information content (AvgIpc) is 2.63. The number of nitrogens with zero attached hydrogens (tertiary/aromatic N) is 2. The summed E-state index contributed by atoms with van der Waals surface area (Å²) < 4.78 is 0. The van der Waals surface area contributed by atoms with Crippen molar-refractivity contribution in [2.45, 2.75) is 11.3 Å². The Morgan fingerprint density at radius 1 is 1.43 bits per heavy atom. The Bertz CT molecular complexity index is 404. The van der Waals surface area contributed by atoms with E-state index in [2.05, 4.69) is 4.98 Å². The van der Waals surface area contributed by atoms with E-state index in [9.17, 15) is 4.79 Å². The third kappa shape index (κ3) is 0.944. The highest BCUT2D eigenvalue weighted by molar-refractivity contribution is 8.03. The van der Waals surface area contributed by atoms with Gasteiger partial charge >= 0.3 is 0 Å². The molecule has 0 aromatic carbocycles. The van der Waals surface area contributed by atoms with E-state index < -0.39 is 0 Å². The first-order chi connectivity index (χ1) is 6.88. The quantitative estimate of drug-likeness (QED) is 0.651. The second-order valence-corrected chi connectivity index (χ2v) is 4.32. The minimum atomic E-state index is -0.0452. The van der Waals surface area contributed by atoms with Gasteiger partial charge in [0.05, 0.1) is 5.69 Å². The Labute approximate surface area is 85.8 Å². The molecule has 2 aliphatic heterocycles. The number of β-lactam (4-membered cyclic amide) rings is 1. The maximum absolute atomic E-state index is 11.7. The van der Waals surface area contributed by atoms with Crippen molar-refractivity contribution in [1.82, 2.24) is 9.88 Å². The van der Waals surface area contributed by atoms with Crippen LogP contribution in [0.2, 0.25) is 0 Å². The number of aromatic nitrogens is 1. The summed E-state index contributed by atoms with van der Waals surface area (Å²) in [7, 11) is 0. The summed E-state index contributed by atoms with van der Waals surface area (Å²) >= 11 is 1.68. The second-order valence-electron chi connectivity index (χ2n) is 3.29. The van der Waals surface area contributed by atoms with Crippen LogP contribution in [-0.4, -0.2) is 21.2 Å². The fourth-order valence-corrected chi connectivity index (χ4v) is 2.88. The topological polar surface area (TPSA) is 33.2 Å². The van der Waals surface area contributed by atoms with Gasteiger partial charge in [-0.1, -0.05) is 6.07 Å². The van der Waals surface area contributed by atoms with Gasteiger partial charge in [0.15, 0.2) is 0 Å². The zero-order valence-electron chi connectivity index (χ0n) is 7.33. The van der Waals surface area contributed by atoms with E-state index in [1.807, 2.05) is 29.8 Å². The van der Waals surface area contributed by atoms with Crippen LogP contribution in [0.4, 0.5) is 0 Å². The van der Waals surface area contributed by atoms with Crippen molar-refractivity contribution in [2.24, 2.45) is 0 Å². The molecule has 70 valence electrons. The van der Waals surface area contributed by atoms with Crippen LogP contribution < -0.4 is 0 Å². The highest BCUT2D eigenvalue weighted by Gasteiger charge is 2.49. The molecule has 0 N–H and O–H groups in total. The van der Waals surface area contributed by atoms with Crippen LogP contribution in [0.25, 0.3) is 0 Å². The number of rotatable bonds is 1. The smallest absolute Gasteiger partial charge is 0.239 e. The van der Waals surface area contributed by atoms with E-state index in [0.29, 0.717) is 0 Å². The minimum Gasteiger partial charge on any atom is -0.304 e. The van der Waals surface area contributed by atoms with Crippen molar-refractivity contribution in [2.75, 3.05) is 0 Å². The van der Waals surface area contributed by atoms with E-state index in [-0.39, 0.29) is 17.2 Å². The SMILES string of the molecule is O=C1C(c2ccccn2)[C@@H]2SC=CN12. The van der Waals surface area contributed by atoms with Crippen molar-refractivity contribution in [3.05, 3.63) is 41.7 Å². The van der Waals surface area contributed by atoms with Crippen LogP contribution in [0.3, 0.4) is 0 Å². The van der Waals surface area contributed by atoms with E-state index in [0.717, 1.165) is 5.69 Å². The molecule has 14 heavy (non-hydrogen) atoms. The van der Waals surface area contributed by atoms with Gasteiger partial charge < -0.3 is 4.90 Å². The predicted octanol–water partition coefficient (Wildman–Crippen LogP) is 1.55. The summed E-state index contributed by atoms with van der Waals surface area (Å²) in [5, 5.41) is 2.21. The Morgan fingerprint density at radius 2 is 2.36 bits per heavy atom. The molecule has 0 bridgehead atoms. The second kappa shape index (κ2) is 2.85. The van der Waals surface area contributed by atoms with E-state index >= 15 is 0 Å². The largest absolute Gasteiger partial charge is 0.304 e. The van der Waals surface area contributed by atoms with Crippen molar-refractivity contribution >= 4 is 17.7 Å². The number of hydrogen-bond donors (Lipinski definition) is 0. The van der Waals surface area contributed by atoms with Crippen LogP contribution in [0, 0.1) is 0 Å². The Balaban J connectivity index is 1.92. The molecule has 4 heteroatoms. The maximum atomic E-state index is 11.7. The molecular weight excluding hydrogens is 196 g/mol. The normalized spacial score (nSPS) is 28.9. The zero-order chi connectivity index (χ0) is 9.54. The summed E-state index contributed by atoms with van der Waals surface area (Å²) in [6.45, 7) is 0. The van der Waals surface area contributed by atoms with E-state index in [4.69, 9.17) is 0 Å². The van der Waals surface area contributed by atoms with Gasteiger partial charge in [-0.25, -0.2) is 0 Å². The van der Waals surface area contributed by atoms with Crippen molar-refractivity contribution < 1.29 is 4.79 Å². The number of pyridine rings is 1.